The van der Waals surface area contributed by atoms with E-state index in [4.69, 9.17) is 10.7 Å². The van der Waals surface area contributed by atoms with Crippen molar-refractivity contribution in [1.29, 1.82) is 0 Å². The zero-order chi connectivity index (χ0) is 11.7. The number of aryl methyl sites for hydroxylation is 1. The highest BCUT2D eigenvalue weighted by Gasteiger charge is 2.11. The van der Waals surface area contributed by atoms with Gasteiger partial charge in [-0.3, -0.25) is 0 Å². The lowest BCUT2D eigenvalue weighted by molar-refractivity contribution is 0.611. The predicted octanol–water partition coefficient (Wildman–Crippen LogP) is 1.94. The third kappa shape index (κ3) is 3.81. The van der Waals surface area contributed by atoms with E-state index in [-0.39, 0.29) is 0 Å². The molecular weight excluding hydrogens is 258 g/mol. The van der Waals surface area contributed by atoms with Crippen LogP contribution in [0.25, 0.3) is 0 Å². The Kier molecular flexibility index (Phi) is 3.42. The first kappa shape index (κ1) is 12.5. The number of benzene rings is 1. The molecule has 0 N–H and O–H groups in total. The molecule has 1 aromatic carbocycles. The molecule has 0 aliphatic rings. The lowest BCUT2D eigenvalue weighted by Crippen LogP contribution is -2.00. The molecule has 4 nitrogen and oxygen atoms in total. The number of rotatable bonds is 2. The molecule has 0 heterocycles. The van der Waals surface area contributed by atoms with Gasteiger partial charge in [-0.1, -0.05) is 21.5 Å². The maximum Gasteiger partial charge on any atom is 0.347 e. The molecule has 1 atom stereocenters. The second kappa shape index (κ2) is 4.11. The molecule has 0 saturated carbocycles. The summed E-state index contributed by atoms with van der Waals surface area (Å²) < 4.78 is 36.4. The summed E-state index contributed by atoms with van der Waals surface area (Å²) >= 11 is 0. The van der Waals surface area contributed by atoms with Gasteiger partial charge in [0.1, 0.15) is 0 Å². The SMILES string of the molecule is Cc1ccc([S@](C)(=O)=NS(=O)(=O)Cl)cc1. The van der Waals surface area contributed by atoms with Crippen molar-refractivity contribution in [2.75, 3.05) is 6.26 Å². The van der Waals surface area contributed by atoms with Crippen LogP contribution in [0.1, 0.15) is 5.56 Å². The Labute approximate surface area is 94.0 Å². The molecule has 0 spiro atoms. The molecule has 1 aromatic rings. The van der Waals surface area contributed by atoms with E-state index in [1.807, 2.05) is 6.92 Å². The number of nitrogens with zero attached hydrogens (tertiary/aromatic N) is 1. The third-order valence-electron chi connectivity index (χ3n) is 1.69. The van der Waals surface area contributed by atoms with Crippen LogP contribution in [0.4, 0.5) is 0 Å². The van der Waals surface area contributed by atoms with Crippen LogP contribution in [0, 0.1) is 6.92 Å². The normalized spacial score (nSPS) is 15.7. The van der Waals surface area contributed by atoms with E-state index >= 15 is 0 Å². The lowest BCUT2D eigenvalue weighted by atomic mass is 10.2. The molecule has 0 bridgehead atoms. The van der Waals surface area contributed by atoms with Crippen LogP contribution in [0.5, 0.6) is 0 Å². The van der Waals surface area contributed by atoms with Crippen LogP contribution in [0.3, 0.4) is 0 Å². The summed E-state index contributed by atoms with van der Waals surface area (Å²) in [4.78, 5) is 0.345. The Morgan fingerprint density at radius 2 is 1.60 bits per heavy atom. The van der Waals surface area contributed by atoms with Gasteiger partial charge in [-0.2, -0.15) is 8.42 Å². The van der Waals surface area contributed by atoms with Gasteiger partial charge in [0.25, 0.3) is 0 Å². The number of hydrogen-bond acceptors (Lipinski definition) is 3. The molecule has 0 aliphatic carbocycles. The van der Waals surface area contributed by atoms with Crippen LogP contribution in [-0.2, 0) is 19.0 Å². The summed E-state index contributed by atoms with van der Waals surface area (Å²) in [6, 6.07) is 6.61. The van der Waals surface area contributed by atoms with Gasteiger partial charge in [0, 0.05) is 21.8 Å². The van der Waals surface area contributed by atoms with E-state index in [0.717, 1.165) is 5.56 Å². The fourth-order valence-corrected chi connectivity index (χ4v) is 4.32. The maximum atomic E-state index is 11.9. The quantitative estimate of drug-likeness (QED) is 0.769. The number of hydrogen-bond donors (Lipinski definition) is 0. The first-order chi connectivity index (χ1) is 6.71. The molecule has 15 heavy (non-hydrogen) atoms. The van der Waals surface area contributed by atoms with Crippen LogP contribution >= 0.6 is 10.7 Å². The van der Waals surface area contributed by atoms with Crippen molar-refractivity contribution in [3.63, 3.8) is 0 Å². The Bertz CT molecular complexity index is 568. The Hall–Kier alpha value is -0.590. The lowest BCUT2D eigenvalue weighted by Gasteiger charge is -2.02. The molecule has 7 heteroatoms. The minimum absolute atomic E-state index is 0.345. The Morgan fingerprint density at radius 1 is 1.13 bits per heavy atom. The van der Waals surface area contributed by atoms with Crippen molar-refractivity contribution in [3.05, 3.63) is 29.8 Å². The first-order valence-electron chi connectivity index (χ1n) is 3.95. The van der Waals surface area contributed by atoms with E-state index in [1.54, 1.807) is 24.3 Å². The fraction of sp³-hybridized carbons (Fsp3) is 0.250. The van der Waals surface area contributed by atoms with Crippen LogP contribution in [0.15, 0.2) is 32.9 Å². The summed E-state index contributed by atoms with van der Waals surface area (Å²) in [7, 11) is -2.17. The largest absolute Gasteiger partial charge is 0.347 e. The third-order valence-corrected chi connectivity index (χ3v) is 5.19. The van der Waals surface area contributed by atoms with Gasteiger partial charge in [0.2, 0.25) is 0 Å². The van der Waals surface area contributed by atoms with Crippen molar-refractivity contribution in [1.82, 2.24) is 0 Å². The van der Waals surface area contributed by atoms with Crippen LogP contribution in [0.2, 0.25) is 0 Å². The van der Waals surface area contributed by atoms with Gasteiger partial charge in [-0.15, -0.1) is 0 Å². The van der Waals surface area contributed by atoms with Crippen molar-refractivity contribution in [2.45, 2.75) is 11.8 Å². The maximum absolute atomic E-state index is 11.9. The minimum atomic E-state index is -4.12. The molecule has 0 amide bonds. The topological polar surface area (TPSA) is 63.6 Å². The smallest absolute Gasteiger partial charge is 0.244 e. The number of halogens is 1. The van der Waals surface area contributed by atoms with Crippen molar-refractivity contribution >= 4 is 29.6 Å². The minimum Gasteiger partial charge on any atom is -0.244 e. The highest BCUT2D eigenvalue weighted by Crippen LogP contribution is 2.15. The van der Waals surface area contributed by atoms with E-state index in [0.29, 0.717) is 4.90 Å². The van der Waals surface area contributed by atoms with Crippen molar-refractivity contribution in [3.8, 4) is 0 Å². The molecule has 0 unspecified atom stereocenters. The summed E-state index contributed by atoms with van der Waals surface area (Å²) in [5, 5.41) is 0. The molecule has 0 radical (unpaired) electrons. The summed E-state index contributed by atoms with van der Waals surface area (Å²) in [5.74, 6) is 0. The van der Waals surface area contributed by atoms with E-state index < -0.39 is 19.0 Å². The monoisotopic (exact) mass is 267 g/mol. The Balaban J connectivity index is 3.36. The van der Waals surface area contributed by atoms with Gasteiger partial charge in [-0.05, 0) is 19.1 Å². The zero-order valence-electron chi connectivity index (χ0n) is 8.18. The predicted molar refractivity (Wildman–Crippen MR) is 60.7 cm³/mol. The summed E-state index contributed by atoms with van der Waals surface area (Å²) in [5.41, 5.74) is 0.989. The molecule has 1 rings (SSSR count). The van der Waals surface area contributed by atoms with E-state index in [1.165, 1.54) is 6.26 Å². The first-order valence-corrected chi connectivity index (χ1v) is 8.14. The van der Waals surface area contributed by atoms with Gasteiger partial charge in [0.15, 0.2) is 0 Å². The molecule has 0 fully saturated rings. The second-order valence-corrected chi connectivity index (χ2v) is 7.77. The zero-order valence-corrected chi connectivity index (χ0v) is 10.6. The summed E-state index contributed by atoms with van der Waals surface area (Å²) in [6.07, 6.45) is 1.23. The van der Waals surface area contributed by atoms with Crippen LogP contribution in [-0.4, -0.2) is 18.9 Å². The van der Waals surface area contributed by atoms with Crippen molar-refractivity contribution < 1.29 is 12.6 Å². The van der Waals surface area contributed by atoms with E-state index in [9.17, 15) is 12.6 Å². The van der Waals surface area contributed by atoms with Gasteiger partial charge in [0.05, 0.1) is 9.73 Å². The van der Waals surface area contributed by atoms with Gasteiger partial charge >= 0.3 is 9.24 Å². The molecule has 84 valence electrons. The average Bonchev–Trinajstić information content (AvgIpc) is 2.00. The highest BCUT2D eigenvalue weighted by molar-refractivity contribution is 8.17. The molecule has 0 saturated heterocycles. The second-order valence-electron chi connectivity index (χ2n) is 3.10. The average molecular weight is 268 g/mol. The molecule has 0 aliphatic heterocycles. The van der Waals surface area contributed by atoms with Gasteiger partial charge in [-0.25, -0.2) is 4.21 Å². The van der Waals surface area contributed by atoms with Gasteiger partial charge < -0.3 is 0 Å². The summed E-state index contributed by atoms with van der Waals surface area (Å²) in [6.45, 7) is 1.87. The molecule has 0 aromatic heterocycles. The van der Waals surface area contributed by atoms with Crippen molar-refractivity contribution in [2.24, 2.45) is 3.77 Å². The fourth-order valence-electron chi connectivity index (χ4n) is 1.00. The highest BCUT2D eigenvalue weighted by atomic mass is 35.7. The van der Waals surface area contributed by atoms with Crippen LogP contribution < -0.4 is 0 Å². The Morgan fingerprint density at radius 3 is 2.00 bits per heavy atom. The van der Waals surface area contributed by atoms with E-state index in [2.05, 4.69) is 3.77 Å². The molecular formula is C8H10ClNO3S2. The standard InChI is InChI=1S/C8H10ClNO3S2/c1-7-3-5-8(6-4-7)14(2,11)10-15(9,12)13/h3-6H,1-2H3/t14-/m0/s1.